The smallest absolute Gasteiger partial charge is 0.243 e. The summed E-state index contributed by atoms with van der Waals surface area (Å²) in [5, 5.41) is 2.77. The van der Waals surface area contributed by atoms with Crippen LogP contribution in [0.1, 0.15) is 13.3 Å². The molecule has 33 heavy (non-hydrogen) atoms. The second kappa shape index (κ2) is 9.90. The van der Waals surface area contributed by atoms with Gasteiger partial charge in [0.05, 0.1) is 30.6 Å². The molecule has 0 saturated carbocycles. The lowest BCUT2D eigenvalue weighted by atomic mass is 10.1. The maximum atomic E-state index is 12.9. The second-order valence-electron chi connectivity index (χ2n) is 7.87. The van der Waals surface area contributed by atoms with Gasteiger partial charge in [0.2, 0.25) is 21.8 Å². The van der Waals surface area contributed by atoms with E-state index >= 15 is 0 Å². The maximum absolute atomic E-state index is 12.9. The van der Waals surface area contributed by atoms with Gasteiger partial charge in [-0.3, -0.25) is 9.59 Å². The summed E-state index contributed by atoms with van der Waals surface area (Å²) in [6, 6.07) is 13.4. The highest BCUT2D eigenvalue weighted by Crippen LogP contribution is 2.28. The summed E-state index contributed by atoms with van der Waals surface area (Å²) in [5.41, 5.74) is 1.08. The first-order valence-electron chi connectivity index (χ1n) is 10.9. The van der Waals surface area contributed by atoms with Crippen LogP contribution in [0.25, 0.3) is 0 Å². The molecule has 176 valence electrons. The molecule has 0 bridgehead atoms. The minimum absolute atomic E-state index is 0.0881. The molecular formula is C23H27N3O6S. The lowest BCUT2D eigenvalue weighted by molar-refractivity contribution is -0.122. The van der Waals surface area contributed by atoms with Crippen LogP contribution in [0.2, 0.25) is 0 Å². The average molecular weight is 474 g/mol. The van der Waals surface area contributed by atoms with E-state index in [9.17, 15) is 18.0 Å². The first-order valence-corrected chi connectivity index (χ1v) is 12.3. The van der Waals surface area contributed by atoms with Crippen LogP contribution in [0.4, 0.5) is 11.4 Å². The number of hydrogen-bond donors (Lipinski definition) is 1. The van der Waals surface area contributed by atoms with E-state index in [0.29, 0.717) is 50.0 Å². The van der Waals surface area contributed by atoms with Gasteiger partial charge in [-0.15, -0.1) is 0 Å². The van der Waals surface area contributed by atoms with Gasteiger partial charge in [-0.05, 0) is 49.4 Å². The molecule has 0 spiro atoms. The summed E-state index contributed by atoms with van der Waals surface area (Å²) >= 11 is 0. The van der Waals surface area contributed by atoms with Gasteiger partial charge in [0.1, 0.15) is 5.75 Å². The average Bonchev–Trinajstić information content (AvgIpc) is 3.22. The summed E-state index contributed by atoms with van der Waals surface area (Å²) in [7, 11) is -3.67. The monoisotopic (exact) mass is 473 g/mol. The number of nitrogens with one attached hydrogen (secondary N) is 1. The molecule has 0 radical (unpaired) electrons. The Hall–Kier alpha value is -2.95. The molecule has 4 rings (SSSR count). The van der Waals surface area contributed by atoms with Gasteiger partial charge in [0, 0.05) is 37.4 Å². The zero-order valence-corrected chi connectivity index (χ0v) is 19.2. The molecule has 0 aromatic heterocycles. The molecular weight excluding hydrogens is 446 g/mol. The highest BCUT2D eigenvalue weighted by Gasteiger charge is 2.35. The first-order chi connectivity index (χ1) is 15.9. The number of rotatable bonds is 7. The molecule has 2 aliphatic rings. The number of sulfonamides is 1. The summed E-state index contributed by atoms with van der Waals surface area (Å²) in [6.07, 6.45) is 0.0881. The van der Waals surface area contributed by atoms with E-state index < -0.39 is 15.9 Å². The van der Waals surface area contributed by atoms with Crippen LogP contribution < -0.4 is 15.0 Å². The van der Waals surface area contributed by atoms with Crippen molar-refractivity contribution < 1.29 is 27.5 Å². The zero-order valence-electron chi connectivity index (χ0n) is 18.4. The van der Waals surface area contributed by atoms with Crippen molar-refractivity contribution in [2.24, 2.45) is 5.92 Å². The summed E-state index contributed by atoms with van der Waals surface area (Å²) in [6.45, 7) is 4.01. The maximum Gasteiger partial charge on any atom is 0.243 e. The molecule has 0 aliphatic carbocycles. The van der Waals surface area contributed by atoms with Gasteiger partial charge >= 0.3 is 0 Å². The van der Waals surface area contributed by atoms with E-state index in [1.165, 1.54) is 16.4 Å². The summed E-state index contributed by atoms with van der Waals surface area (Å²) < 4.78 is 37.8. The Morgan fingerprint density at radius 2 is 1.88 bits per heavy atom. The fourth-order valence-electron chi connectivity index (χ4n) is 3.94. The predicted molar refractivity (Wildman–Crippen MR) is 123 cm³/mol. The van der Waals surface area contributed by atoms with Crippen LogP contribution in [-0.2, 0) is 24.3 Å². The molecule has 2 aliphatic heterocycles. The third kappa shape index (κ3) is 5.18. The van der Waals surface area contributed by atoms with E-state index in [0.717, 1.165) is 0 Å². The Morgan fingerprint density at radius 3 is 2.58 bits per heavy atom. The Morgan fingerprint density at radius 1 is 1.15 bits per heavy atom. The van der Waals surface area contributed by atoms with Crippen LogP contribution in [0.3, 0.4) is 0 Å². The molecule has 2 saturated heterocycles. The number of morpholine rings is 1. The highest BCUT2D eigenvalue weighted by molar-refractivity contribution is 7.89. The number of carbonyl (C=O) groups is 2. The number of hydrogen-bond acceptors (Lipinski definition) is 6. The van der Waals surface area contributed by atoms with Gasteiger partial charge in [0.25, 0.3) is 0 Å². The summed E-state index contributed by atoms with van der Waals surface area (Å²) in [5.74, 6) is -0.279. The lowest BCUT2D eigenvalue weighted by Gasteiger charge is -2.26. The van der Waals surface area contributed by atoms with Gasteiger partial charge in [-0.1, -0.05) is 6.07 Å². The number of ether oxygens (including phenoxy) is 2. The SMILES string of the molecule is CCOc1ccc(N2CC(C(=O)Nc3cccc(S(=O)(=O)N4CCOCC4)c3)CC2=O)cc1. The fraction of sp³-hybridized carbons (Fsp3) is 0.391. The van der Waals surface area contributed by atoms with E-state index in [2.05, 4.69) is 5.32 Å². The van der Waals surface area contributed by atoms with Crippen molar-refractivity contribution in [3.63, 3.8) is 0 Å². The first kappa shape index (κ1) is 23.2. The van der Waals surface area contributed by atoms with Crippen LogP contribution in [0.15, 0.2) is 53.4 Å². The third-order valence-electron chi connectivity index (χ3n) is 5.66. The van der Waals surface area contributed by atoms with Crippen LogP contribution in [0, 0.1) is 5.92 Å². The lowest BCUT2D eigenvalue weighted by Crippen LogP contribution is -2.40. The van der Waals surface area contributed by atoms with Crippen molar-refractivity contribution in [3.05, 3.63) is 48.5 Å². The van der Waals surface area contributed by atoms with E-state index in [4.69, 9.17) is 9.47 Å². The molecule has 2 heterocycles. The van der Waals surface area contributed by atoms with Crippen LogP contribution >= 0.6 is 0 Å². The standard InChI is InChI=1S/C23H27N3O6S/c1-2-32-20-8-6-19(7-9-20)26-16-17(14-22(26)27)23(28)24-18-4-3-5-21(15-18)33(29,30)25-10-12-31-13-11-25/h3-9,15,17H,2,10-14,16H2,1H3,(H,24,28). The Bertz CT molecular complexity index is 1110. The molecule has 2 aromatic carbocycles. The molecule has 1 atom stereocenters. The van der Waals surface area contributed by atoms with E-state index in [1.807, 2.05) is 6.92 Å². The Kier molecular flexibility index (Phi) is 6.96. The Balaban J connectivity index is 1.42. The number of carbonyl (C=O) groups excluding carboxylic acids is 2. The highest BCUT2D eigenvalue weighted by atomic mass is 32.2. The molecule has 2 aromatic rings. The molecule has 10 heteroatoms. The molecule has 1 unspecified atom stereocenters. The van der Waals surface area contributed by atoms with Gasteiger partial charge in [-0.25, -0.2) is 8.42 Å². The molecule has 2 fully saturated rings. The van der Waals surface area contributed by atoms with E-state index in [1.54, 1.807) is 41.3 Å². The van der Waals surface area contributed by atoms with E-state index in [-0.39, 0.29) is 29.7 Å². The quantitative estimate of drug-likeness (QED) is 0.660. The Labute approximate surface area is 193 Å². The number of anilines is 2. The second-order valence-corrected chi connectivity index (χ2v) is 9.80. The molecule has 1 N–H and O–H groups in total. The van der Waals surface area contributed by atoms with Gasteiger partial charge in [-0.2, -0.15) is 4.31 Å². The zero-order chi connectivity index (χ0) is 23.4. The summed E-state index contributed by atoms with van der Waals surface area (Å²) in [4.78, 5) is 27.1. The van der Waals surface area contributed by atoms with Crippen molar-refractivity contribution in [1.29, 1.82) is 0 Å². The minimum atomic E-state index is -3.67. The fourth-order valence-corrected chi connectivity index (χ4v) is 5.39. The number of benzene rings is 2. The van der Waals surface area contributed by atoms with Crippen molar-refractivity contribution in [3.8, 4) is 5.75 Å². The van der Waals surface area contributed by atoms with Crippen molar-refractivity contribution in [1.82, 2.24) is 4.31 Å². The van der Waals surface area contributed by atoms with Gasteiger partial charge < -0.3 is 19.7 Å². The van der Waals surface area contributed by atoms with Crippen molar-refractivity contribution >= 4 is 33.2 Å². The van der Waals surface area contributed by atoms with Crippen LogP contribution in [0.5, 0.6) is 5.75 Å². The third-order valence-corrected chi connectivity index (χ3v) is 7.56. The number of nitrogens with zero attached hydrogens (tertiary/aromatic N) is 2. The molecule has 2 amide bonds. The minimum Gasteiger partial charge on any atom is -0.494 e. The predicted octanol–water partition coefficient (Wildman–Crippen LogP) is 2.10. The van der Waals surface area contributed by atoms with Crippen LogP contribution in [-0.4, -0.2) is 64.0 Å². The van der Waals surface area contributed by atoms with Crippen molar-refractivity contribution in [2.45, 2.75) is 18.2 Å². The van der Waals surface area contributed by atoms with Crippen molar-refractivity contribution in [2.75, 3.05) is 49.7 Å². The topological polar surface area (TPSA) is 105 Å². The normalized spacial score (nSPS) is 19.5. The largest absolute Gasteiger partial charge is 0.494 e. The number of amides is 2. The molecule has 9 nitrogen and oxygen atoms in total. The van der Waals surface area contributed by atoms with Gasteiger partial charge in [0.15, 0.2) is 0 Å².